The number of ether oxygens (including phenoxy) is 1. The molecular formula is C17H22N2O. The summed E-state index contributed by atoms with van der Waals surface area (Å²) in [6.07, 6.45) is 0.984. The summed E-state index contributed by atoms with van der Waals surface area (Å²) in [5.74, 6) is 1.06. The molecule has 1 aliphatic rings. The topological polar surface area (TPSA) is 26.2 Å². The van der Waals surface area contributed by atoms with Crippen LogP contribution in [-0.4, -0.2) is 10.3 Å². The van der Waals surface area contributed by atoms with E-state index in [0.717, 1.165) is 18.7 Å². The van der Waals surface area contributed by atoms with Gasteiger partial charge >= 0.3 is 0 Å². The first-order valence-electron chi connectivity index (χ1n) is 7.15. The first kappa shape index (κ1) is 13.1. The van der Waals surface area contributed by atoms with Crippen LogP contribution in [0.1, 0.15) is 36.4 Å². The number of para-hydroxylation sites is 1. The van der Waals surface area contributed by atoms with E-state index in [1.165, 1.54) is 22.5 Å². The van der Waals surface area contributed by atoms with E-state index in [2.05, 4.69) is 68.1 Å². The summed E-state index contributed by atoms with van der Waals surface area (Å²) >= 11 is 0. The van der Waals surface area contributed by atoms with Gasteiger partial charge in [-0.25, -0.2) is 0 Å². The van der Waals surface area contributed by atoms with E-state index in [9.17, 15) is 0 Å². The molecule has 3 rings (SSSR count). The normalized spacial score (nSPS) is 15.8. The van der Waals surface area contributed by atoms with Crippen molar-refractivity contribution in [2.45, 2.75) is 46.3 Å². The molecule has 3 nitrogen and oxygen atoms in total. The van der Waals surface area contributed by atoms with Gasteiger partial charge in [0.15, 0.2) is 0 Å². The highest BCUT2D eigenvalue weighted by molar-refractivity contribution is 5.46. The summed E-state index contributed by atoms with van der Waals surface area (Å²) in [5, 5.41) is 0. The second-order valence-corrected chi connectivity index (χ2v) is 6.23. The Bertz CT molecular complexity index is 621. The van der Waals surface area contributed by atoms with Gasteiger partial charge in [0, 0.05) is 23.4 Å². The largest absolute Gasteiger partial charge is 0.487 e. The monoisotopic (exact) mass is 270 g/mol. The highest BCUT2D eigenvalue weighted by atomic mass is 16.5. The van der Waals surface area contributed by atoms with Gasteiger partial charge in [-0.1, -0.05) is 18.2 Å². The molecule has 0 bridgehead atoms. The maximum atomic E-state index is 6.11. The van der Waals surface area contributed by atoms with E-state index < -0.39 is 0 Å². The van der Waals surface area contributed by atoms with Gasteiger partial charge in [0.05, 0.1) is 6.54 Å². The Morgan fingerprint density at radius 2 is 1.85 bits per heavy atom. The molecule has 106 valence electrons. The minimum absolute atomic E-state index is 0.0856. The lowest BCUT2D eigenvalue weighted by atomic mass is 10.0. The predicted octanol–water partition coefficient (Wildman–Crippen LogP) is 3.56. The number of fused-ring (bicyclic) bond motifs is 1. The van der Waals surface area contributed by atoms with Crippen molar-refractivity contribution in [1.29, 1.82) is 0 Å². The van der Waals surface area contributed by atoms with Crippen LogP contribution in [0.5, 0.6) is 5.75 Å². The molecule has 0 atom stereocenters. The van der Waals surface area contributed by atoms with E-state index in [1.54, 1.807) is 0 Å². The van der Waals surface area contributed by atoms with Crippen LogP contribution in [0.15, 0.2) is 30.3 Å². The van der Waals surface area contributed by atoms with Crippen LogP contribution in [0, 0.1) is 13.8 Å². The van der Waals surface area contributed by atoms with Gasteiger partial charge < -0.3 is 10.2 Å². The zero-order valence-electron chi connectivity index (χ0n) is 12.7. The number of hydrogen-bond acceptors (Lipinski definition) is 2. The second kappa shape index (κ2) is 4.58. The van der Waals surface area contributed by atoms with Gasteiger partial charge in [-0.3, -0.25) is 4.68 Å². The summed E-state index contributed by atoms with van der Waals surface area (Å²) in [4.78, 5) is 0. The molecule has 0 spiro atoms. The van der Waals surface area contributed by atoms with Crippen LogP contribution in [0.3, 0.4) is 0 Å². The average Bonchev–Trinajstić information content (AvgIpc) is 2.86. The molecule has 0 aliphatic carbocycles. The molecule has 1 aromatic carbocycles. The van der Waals surface area contributed by atoms with Crippen molar-refractivity contribution in [3.63, 3.8) is 0 Å². The summed E-state index contributed by atoms with van der Waals surface area (Å²) in [6.45, 7) is 9.27. The number of aromatic nitrogens is 1. The minimum atomic E-state index is -0.0856. The summed E-state index contributed by atoms with van der Waals surface area (Å²) < 4.78 is 8.23. The molecule has 0 saturated carbocycles. The summed E-state index contributed by atoms with van der Waals surface area (Å²) in [7, 11) is 0. The minimum Gasteiger partial charge on any atom is -0.487 e. The zero-order valence-corrected chi connectivity index (χ0v) is 12.7. The summed E-state index contributed by atoms with van der Waals surface area (Å²) in [6, 6.07) is 10.7. The fourth-order valence-electron chi connectivity index (χ4n) is 2.90. The molecule has 0 radical (unpaired) electrons. The van der Waals surface area contributed by atoms with Crippen molar-refractivity contribution in [2.75, 3.05) is 5.43 Å². The number of benzene rings is 1. The Labute approximate surface area is 120 Å². The number of rotatable bonds is 3. The first-order chi connectivity index (χ1) is 9.46. The van der Waals surface area contributed by atoms with E-state index in [1.807, 2.05) is 0 Å². The van der Waals surface area contributed by atoms with Crippen LogP contribution in [0.2, 0.25) is 0 Å². The van der Waals surface area contributed by atoms with Gasteiger partial charge in [-0.15, -0.1) is 0 Å². The van der Waals surface area contributed by atoms with Crippen molar-refractivity contribution in [1.82, 2.24) is 4.68 Å². The quantitative estimate of drug-likeness (QED) is 0.923. The molecule has 3 heteroatoms. The molecule has 0 amide bonds. The van der Waals surface area contributed by atoms with E-state index in [-0.39, 0.29) is 5.60 Å². The lowest BCUT2D eigenvalue weighted by molar-refractivity contribution is 0.137. The predicted molar refractivity (Wildman–Crippen MR) is 81.8 cm³/mol. The Morgan fingerprint density at radius 1 is 1.15 bits per heavy atom. The highest BCUT2D eigenvalue weighted by Crippen LogP contribution is 2.37. The maximum absolute atomic E-state index is 6.11. The third kappa shape index (κ3) is 2.28. The molecule has 1 N–H and O–H groups in total. The number of hydrogen-bond donors (Lipinski definition) is 1. The average molecular weight is 270 g/mol. The first-order valence-corrected chi connectivity index (χ1v) is 7.15. The number of nitrogens with one attached hydrogen (secondary N) is 1. The Hall–Kier alpha value is -1.90. The van der Waals surface area contributed by atoms with Gasteiger partial charge in [-0.2, -0.15) is 0 Å². The van der Waals surface area contributed by atoms with Crippen LogP contribution < -0.4 is 10.2 Å². The molecule has 20 heavy (non-hydrogen) atoms. The molecule has 0 unspecified atom stereocenters. The van der Waals surface area contributed by atoms with Crippen molar-refractivity contribution < 1.29 is 4.74 Å². The standard InChI is InChI=1S/C17H22N2O/c1-12-8-9-13(2)19(12)18-11-15-7-5-6-14-10-17(3,4)20-16(14)15/h5-9,18H,10-11H2,1-4H3. The Morgan fingerprint density at radius 3 is 2.55 bits per heavy atom. The third-order valence-corrected chi connectivity index (χ3v) is 3.87. The molecule has 1 aliphatic heterocycles. The highest BCUT2D eigenvalue weighted by Gasteiger charge is 2.31. The Balaban J connectivity index is 1.82. The maximum Gasteiger partial charge on any atom is 0.128 e. The zero-order chi connectivity index (χ0) is 14.3. The molecular weight excluding hydrogens is 248 g/mol. The number of aryl methyl sites for hydroxylation is 2. The third-order valence-electron chi connectivity index (χ3n) is 3.87. The van der Waals surface area contributed by atoms with Crippen LogP contribution >= 0.6 is 0 Å². The van der Waals surface area contributed by atoms with Crippen LogP contribution in [0.25, 0.3) is 0 Å². The van der Waals surface area contributed by atoms with Crippen molar-refractivity contribution in [3.8, 4) is 5.75 Å². The second-order valence-electron chi connectivity index (χ2n) is 6.23. The van der Waals surface area contributed by atoms with E-state index >= 15 is 0 Å². The molecule has 0 saturated heterocycles. The molecule has 2 heterocycles. The lowest BCUT2D eigenvalue weighted by Crippen LogP contribution is -2.25. The smallest absolute Gasteiger partial charge is 0.128 e. The molecule has 0 fully saturated rings. The van der Waals surface area contributed by atoms with Gasteiger partial charge in [0.2, 0.25) is 0 Å². The van der Waals surface area contributed by atoms with Crippen LogP contribution in [-0.2, 0) is 13.0 Å². The molecule has 1 aromatic heterocycles. The fourth-order valence-corrected chi connectivity index (χ4v) is 2.90. The SMILES string of the molecule is Cc1ccc(C)n1NCc1cccc2c1OC(C)(C)C2. The van der Waals surface area contributed by atoms with E-state index in [0.29, 0.717) is 0 Å². The fraction of sp³-hybridized carbons (Fsp3) is 0.412. The molecule has 2 aromatic rings. The van der Waals surface area contributed by atoms with Crippen LogP contribution in [0.4, 0.5) is 0 Å². The van der Waals surface area contributed by atoms with Crippen molar-refractivity contribution in [3.05, 3.63) is 52.8 Å². The Kier molecular flexibility index (Phi) is 3.00. The van der Waals surface area contributed by atoms with Gasteiger partial charge in [0.1, 0.15) is 11.4 Å². The summed E-state index contributed by atoms with van der Waals surface area (Å²) in [5.41, 5.74) is 8.36. The van der Waals surface area contributed by atoms with Gasteiger partial charge in [-0.05, 0) is 45.4 Å². The van der Waals surface area contributed by atoms with Gasteiger partial charge in [0.25, 0.3) is 0 Å². The van der Waals surface area contributed by atoms with Crippen molar-refractivity contribution >= 4 is 0 Å². The lowest BCUT2D eigenvalue weighted by Gasteiger charge is -2.19. The van der Waals surface area contributed by atoms with E-state index in [4.69, 9.17) is 4.74 Å². The number of nitrogens with zero attached hydrogens (tertiary/aromatic N) is 1. The van der Waals surface area contributed by atoms with Crippen molar-refractivity contribution in [2.24, 2.45) is 0 Å².